The summed E-state index contributed by atoms with van der Waals surface area (Å²) < 4.78 is 1.03. The summed E-state index contributed by atoms with van der Waals surface area (Å²) >= 11 is 4.93. The summed E-state index contributed by atoms with van der Waals surface area (Å²) in [5.74, 6) is 0.569. The number of amides is 1. The summed E-state index contributed by atoms with van der Waals surface area (Å²) in [6, 6.07) is 2.05. The number of rotatable bonds is 4. The van der Waals surface area contributed by atoms with Crippen LogP contribution in [0.2, 0.25) is 0 Å². The molecule has 5 heteroatoms. The quantitative estimate of drug-likeness (QED) is 0.891. The van der Waals surface area contributed by atoms with Crippen LogP contribution in [-0.2, 0) is 0 Å². The smallest absolute Gasteiger partial charge is 0.261 e. The van der Waals surface area contributed by atoms with Gasteiger partial charge >= 0.3 is 0 Å². The van der Waals surface area contributed by atoms with Crippen molar-refractivity contribution >= 4 is 33.2 Å². The Hall–Kier alpha value is -0.390. The summed E-state index contributed by atoms with van der Waals surface area (Å²) in [6.07, 6.45) is 4.91. The molecule has 3 nitrogen and oxygen atoms in total. The van der Waals surface area contributed by atoms with E-state index in [1.807, 2.05) is 13.0 Å². The molecule has 1 aromatic heterocycles. The first-order chi connectivity index (χ1) is 8.61. The average Bonchev–Trinajstić information content (AvgIpc) is 2.97. The normalized spacial score (nSPS) is 17.9. The highest BCUT2D eigenvalue weighted by Gasteiger charge is 2.26. The molecule has 1 atom stereocenters. The van der Waals surface area contributed by atoms with Crippen LogP contribution in [0, 0.1) is 12.8 Å². The van der Waals surface area contributed by atoms with Gasteiger partial charge in [0.05, 0.1) is 8.66 Å². The van der Waals surface area contributed by atoms with E-state index >= 15 is 0 Å². The fourth-order valence-corrected chi connectivity index (χ4v) is 3.98. The Morgan fingerprint density at radius 2 is 2.28 bits per heavy atom. The first-order valence-corrected chi connectivity index (χ1v) is 7.99. The van der Waals surface area contributed by atoms with E-state index in [0.717, 1.165) is 14.2 Å². The Morgan fingerprint density at radius 3 is 2.78 bits per heavy atom. The van der Waals surface area contributed by atoms with Crippen LogP contribution < -0.4 is 11.1 Å². The molecule has 1 aliphatic rings. The van der Waals surface area contributed by atoms with Crippen LogP contribution in [-0.4, -0.2) is 18.5 Å². The van der Waals surface area contributed by atoms with Crippen molar-refractivity contribution in [3.05, 3.63) is 20.3 Å². The van der Waals surface area contributed by atoms with Gasteiger partial charge in [-0.25, -0.2) is 0 Å². The Bertz CT molecular complexity index is 407. The number of thiophene rings is 1. The van der Waals surface area contributed by atoms with Gasteiger partial charge in [0, 0.05) is 12.6 Å². The summed E-state index contributed by atoms with van der Waals surface area (Å²) in [4.78, 5) is 12.9. The molecule has 0 aromatic carbocycles. The zero-order valence-electron chi connectivity index (χ0n) is 10.5. The van der Waals surface area contributed by atoms with Crippen molar-refractivity contribution in [1.82, 2.24) is 5.32 Å². The van der Waals surface area contributed by atoms with Crippen molar-refractivity contribution in [2.45, 2.75) is 38.6 Å². The van der Waals surface area contributed by atoms with E-state index in [1.165, 1.54) is 37.0 Å². The van der Waals surface area contributed by atoms with Gasteiger partial charge in [-0.15, -0.1) is 11.3 Å². The van der Waals surface area contributed by atoms with E-state index < -0.39 is 0 Å². The molecular weight excluding hydrogens is 312 g/mol. The number of hydrogen-bond donors (Lipinski definition) is 2. The molecule has 1 amide bonds. The Kier molecular flexibility index (Phi) is 4.81. The lowest BCUT2D eigenvalue weighted by Gasteiger charge is -2.22. The molecule has 3 N–H and O–H groups in total. The van der Waals surface area contributed by atoms with Gasteiger partial charge < -0.3 is 11.1 Å². The lowest BCUT2D eigenvalue weighted by atomic mass is 9.98. The van der Waals surface area contributed by atoms with Crippen LogP contribution >= 0.6 is 27.3 Å². The van der Waals surface area contributed by atoms with Gasteiger partial charge in [-0.05, 0) is 53.2 Å². The molecule has 1 aromatic rings. The third-order valence-electron chi connectivity index (χ3n) is 3.62. The van der Waals surface area contributed by atoms with Crippen molar-refractivity contribution in [3.63, 3.8) is 0 Å². The second-order valence-corrected chi connectivity index (χ2v) is 7.30. The van der Waals surface area contributed by atoms with Crippen LogP contribution in [0.4, 0.5) is 0 Å². The fraction of sp³-hybridized carbons (Fsp3) is 0.615. The molecule has 2 rings (SSSR count). The maximum absolute atomic E-state index is 12.2. The zero-order valence-corrected chi connectivity index (χ0v) is 12.9. The van der Waals surface area contributed by atoms with Gasteiger partial charge in [-0.2, -0.15) is 0 Å². The molecule has 100 valence electrons. The van der Waals surface area contributed by atoms with Gasteiger partial charge in [0.25, 0.3) is 5.91 Å². The second kappa shape index (κ2) is 6.17. The summed E-state index contributed by atoms with van der Waals surface area (Å²) in [7, 11) is 0. The topological polar surface area (TPSA) is 55.1 Å². The maximum Gasteiger partial charge on any atom is 0.261 e. The molecular formula is C13H19BrN2OS. The molecule has 1 unspecified atom stereocenters. The number of nitrogens with two attached hydrogens (primary N) is 1. The fourth-order valence-electron chi connectivity index (χ4n) is 2.54. The minimum atomic E-state index is 0.0103. The number of aryl methyl sites for hydroxylation is 1. The SMILES string of the molecule is Cc1cc(C(=O)NC(CN)C2CCCC2)sc1Br. The van der Waals surface area contributed by atoms with Gasteiger partial charge in [0.15, 0.2) is 0 Å². The number of nitrogens with one attached hydrogen (secondary N) is 1. The summed E-state index contributed by atoms with van der Waals surface area (Å²) in [6.45, 7) is 2.52. The molecule has 0 spiro atoms. The predicted octanol–water partition coefficient (Wildman–Crippen LogP) is 3.07. The molecule has 0 saturated heterocycles. The van der Waals surface area contributed by atoms with Crippen molar-refractivity contribution in [1.29, 1.82) is 0 Å². The summed E-state index contributed by atoms with van der Waals surface area (Å²) in [5, 5.41) is 3.09. The summed E-state index contributed by atoms with van der Waals surface area (Å²) in [5.41, 5.74) is 6.90. The first kappa shape index (κ1) is 14.0. The van der Waals surface area contributed by atoms with Gasteiger partial charge in [-0.1, -0.05) is 12.8 Å². The van der Waals surface area contributed by atoms with Crippen LogP contribution in [0.15, 0.2) is 9.85 Å². The minimum absolute atomic E-state index is 0.0103. The lowest BCUT2D eigenvalue weighted by Crippen LogP contribution is -2.44. The Labute approximate surface area is 120 Å². The van der Waals surface area contributed by atoms with Gasteiger partial charge in [-0.3, -0.25) is 4.79 Å². The highest BCUT2D eigenvalue weighted by molar-refractivity contribution is 9.11. The largest absolute Gasteiger partial charge is 0.347 e. The number of carbonyl (C=O) groups is 1. The minimum Gasteiger partial charge on any atom is -0.347 e. The van der Waals surface area contributed by atoms with Crippen LogP contribution in [0.1, 0.15) is 40.9 Å². The van der Waals surface area contributed by atoms with E-state index in [-0.39, 0.29) is 11.9 Å². The van der Waals surface area contributed by atoms with Crippen LogP contribution in [0.25, 0.3) is 0 Å². The molecule has 1 aliphatic carbocycles. The standard InChI is InChI=1S/C13H19BrN2OS/c1-8-6-11(18-12(8)14)13(17)16-10(7-15)9-4-2-3-5-9/h6,9-10H,2-5,7,15H2,1H3,(H,16,17). The molecule has 1 heterocycles. The van der Waals surface area contributed by atoms with Gasteiger partial charge in [0.1, 0.15) is 0 Å². The van der Waals surface area contributed by atoms with E-state index in [2.05, 4.69) is 21.2 Å². The third-order valence-corrected chi connectivity index (χ3v) is 5.76. The highest BCUT2D eigenvalue weighted by atomic mass is 79.9. The van der Waals surface area contributed by atoms with Crippen molar-refractivity contribution < 1.29 is 4.79 Å². The monoisotopic (exact) mass is 330 g/mol. The number of halogens is 1. The van der Waals surface area contributed by atoms with E-state index in [9.17, 15) is 4.79 Å². The van der Waals surface area contributed by atoms with Crippen molar-refractivity contribution in [2.75, 3.05) is 6.54 Å². The third kappa shape index (κ3) is 3.13. The molecule has 0 bridgehead atoms. The lowest BCUT2D eigenvalue weighted by molar-refractivity contribution is 0.0928. The van der Waals surface area contributed by atoms with Gasteiger partial charge in [0.2, 0.25) is 0 Å². The average molecular weight is 331 g/mol. The Balaban J connectivity index is 2.00. The first-order valence-electron chi connectivity index (χ1n) is 6.38. The Morgan fingerprint density at radius 1 is 1.61 bits per heavy atom. The zero-order chi connectivity index (χ0) is 13.1. The highest BCUT2D eigenvalue weighted by Crippen LogP contribution is 2.29. The maximum atomic E-state index is 12.2. The second-order valence-electron chi connectivity index (χ2n) is 4.93. The van der Waals surface area contributed by atoms with E-state index in [4.69, 9.17) is 5.73 Å². The van der Waals surface area contributed by atoms with Crippen molar-refractivity contribution in [2.24, 2.45) is 11.7 Å². The van der Waals surface area contributed by atoms with Crippen molar-refractivity contribution in [3.8, 4) is 0 Å². The number of carbonyl (C=O) groups excluding carboxylic acids is 1. The molecule has 1 saturated carbocycles. The van der Waals surface area contributed by atoms with E-state index in [0.29, 0.717) is 12.5 Å². The molecule has 0 radical (unpaired) electrons. The van der Waals surface area contributed by atoms with E-state index in [1.54, 1.807) is 0 Å². The number of hydrogen-bond acceptors (Lipinski definition) is 3. The molecule has 1 fully saturated rings. The van der Waals surface area contributed by atoms with Crippen LogP contribution in [0.3, 0.4) is 0 Å². The molecule has 0 aliphatic heterocycles. The van der Waals surface area contributed by atoms with Crippen LogP contribution in [0.5, 0.6) is 0 Å². The predicted molar refractivity (Wildman–Crippen MR) is 79.0 cm³/mol. The molecule has 18 heavy (non-hydrogen) atoms.